The fourth-order valence-corrected chi connectivity index (χ4v) is 2.81. The average Bonchev–Trinajstić information content (AvgIpc) is 3.01. The predicted octanol–water partition coefficient (Wildman–Crippen LogP) is 1.37. The molecule has 2 aromatic heterocycles. The molecule has 0 spiro atoms. The lowest BCUT2D eigenvalue weighted by Gasteiger charge is -2.05. The number of amides is 1. The van der Waals surface area contributed by atoms with E-state index < -0.39 is 0 Å². The van der Waals surface area contributed by atoms with Gasteiger partial charge in [0.1, 0.15) is 11.5 Å². The van der Waals surface area contributed by atoms with Crippen LogP contribution in [0.2, 0.25) is 0 Å². The maximum Gasteiger partial charge on any atom is 0.262 e. The number of thiophene rings is 1. The summed E-state index contributed by atoms with van der Waals surface area (Å²) in [7, 11) is 1.88. The van der Waals surface area contributed by atoms with Crippen LogP contribution >= 0.6 is 11.3 Å². The molecule has 21 heavy (non-hydrogen) atoms. The van der Waals surface area contributed by atoms with Crippen molar-refractivity contribution >= 4 is 17.2 Å². The molecule has 0 aliphatic rings. The predicted molar refractivity (Wildman–Crippen MR) is 82.1 cm³/mol. The van der Waals surface area contributed by atoms with Crippen LogP contribution in [0.5, 0.6) is 0 Å². The Balaban J connectivity index is 2.11. The van der Waals surface area contributed by atoms with Gasteiger partial charge in [-0.2, -0.15) is 5.10 Å². The van der Waals surface area contributed by atoms with Gasteiger partial charge in [0, 0.05) is 30.4 Å². The van der Waals surface area contributed by atoms with Crippen LogP contribution in [0.4, 0.5) is 0 Å². The minimum Gasteiger partial charge on any atom is -0.384 e. The van der Waals surface area contributed by atoms with Gasteiger partial charge in [-0.25, -0.2) is 0 Å². The number of nitrogens with zero attached hydrogens (tertiary/aromatic N) is 2. The molecule has 0 aliphatic heterocycles. The smallest absolute Gasteiger partial charge is 0.262 e. The normalized spacial score (nSPS) is 10.1. The largest absolute Gasteiger partial charge is 0.384 e. The molecule has 0 saturated heterocycles. The van der Waals surface area contributed by atoms with Gasteiger partial charge in [-0.15, -0.1) is 11.3 Å². The topological polar surface area (TPSA) is 67.2 Å². The maximum atomic E-state index is 12.2. The van der Waals surface area contributed by atoms with Crippen LogP contribution < -0.4 is 5.32 Å². The maximum absolute atomic E-state index is 12.2. The lowest BCUT2D eigenvalue weighted by atomic mass is 10.2. The first kappa shape index (κ1) is 15.3. The van der Waals surface area contributed by atoms with Crippen molar-refractivity contribution in [3.05, 3.63) is 38.8 Å². The minimum absolute atomic E-state index is 0.158. The summed E-state index contributed by atoms with van der Waals surface area (Å²) in [5.41, 5.74) is 3.64. The van der Waals surface area contributed by atoms with E-state index in [1.54, 1.807) is 10.7 Å². The van der Waals surface area contributed by atoms with Gasteiger partial charge in [-0.1, -0.05) is 11.8 Å². The number of nitrogens with one attached hydrogen (secondary N) is 1. The summed E-state index contributed by atoms with van der Waals surface area (Å²) < 4.78 is 1.81. The van der Waals surface area contributed by atoms with Gasteiger partial charge in [0.25, 0.3) is 5.91 Å². The highest BCUT2D eigenvalue weighted by Crippen LogP contribution is 2.17. The van der Waals surface area contributed by atoms with Gasteiger partial charge in [0.15, 0.2) is 0 Å². The van der Waals surface area contributed by atoms with Crippen molar-refractivity contribution < 1.29 is 9.90 Å². The van der Waals surface area contributed by atoms with Gasteiger partial charge in [-0.3, -0.25) is 9.48 Å². The van der Waals surface area contributed by atoms with Crippen LogP contribution in [-0.4, -0.2) is 27.4 Å². The molecule has 0 unspecified atom stereocenters. The van der Waals surface area contributed by atoms with Crippen molar-refractivity contribution in [3.63, 3.8) is 0 Å². The molecule has 5 nitrogen and oxygen atoms in total. The molecule has 2 aromatic rings. The zero-order valence-electron chi connectivity index (χ0n) is 12.2. The van der Waals surface area contributed by atoms with Crippen LogP contribution in [0.25, 0.3) is 0 Å². The van der Waals surface area contributed by atoms with Crippen LogP contribution in [0.1, 0.15) is 32.2 Å². The van der Waals surface area contributed by atoms with Crippen LogP contribution in [-0.2, 0) is 13.6 Å². The Morgan fingerprint density at radius 3 is 2.90 bits per heavy atom. The van der Waals surface area contributed by atoms with Crippen molar-refractivity contribution in [1.82, 2.24) is 15.1 Å². The number of hydrogen-bond donors (Lipinski definition) is 2. The quantitative estimate of drug-likeness (QED) is 0.842. The number of aliphatic hydroxyl groups is 1. The van der Waals surface area contributed by atoms with Gasteiger partial charge in [0.05, 0.1) is 5.69 Å². The highest BCUT2D eigenvalue weighted by Gasteiger charge is 2.14. The SMILES string of the molecule is Cc1nn(C)c(C)c1CNC(=O)c1sccc1C#CCO. The number of aliphatic hydroxyl groups excluding tert-OH is 1. The van der Waals surface area contributed by atoms with Gasteiger partial charge in [-0.05, 0) is 25.3 Å². The highest BCUT2D eigenvalue weighted by molar-refractivity contribution is 7.12. The second kappa shape index (κ2) is 6.57. The third-order valence-electron chi connectivity index (χ3n) is 3.26. The second-order valence-electron chi connectivity index (χ2n) is 4.58. The summed E-state index contributed by atoms with van der Waals surface area (Å²) in [6.07, 6.45) is 0. The molecule has 1 amide bonds. The van der Waals surface area contributed by atoms with Crippen molar-refractivity contribution in [2.75, 3.05) is 6.61 Å². The summed E-state index contributed by atoms with van der Waals surface area (Å²) in [5, 5.41) is 17.8. The number of aromatic nitrogens is 2. The first-order valence-corrected chi connectivity index (χ1v) is 7.37. The average molecular weight is 303 g/mol. The molecule has 2 rings (SSSR count). The summed E-state index contributed by atoms with van der Waals surface area (Å²) in [6, 6.07) is 1.78. The third kappa shape index (κ3) is 3.32. The van der Waals surface area contributed by atoms with Crippen molar-refractivity contribution in [3.8, 4) is 11.8 Å². The molecule has 110 valence electrons. The number of hydrogen-bond acceptors (Lipinski definition) is 4. The van der Waals surface area contributed by atoms with Gasteiger partial charge >= 0.3 is 0 Å². The number of rotatable bonds is 3. The Kier molecular flexibility index (Phi) is 4.78. The number of carbonyl (C=O) groups is 1. The lowest BCUT2D eigenvalue weighted by molar-refractivity contribution is 0.0954. The summed E-state index contributed by atoms with van der Waals surface area (Å²) in [5.74, 6) is 5.18. The van der Waals surface area contributed by atoms with E-state index in [-0.39, 0.29) is 12.5 Å². The number of aryl methyl sites for hydroxylation is 2. The van der Waals surface area contributed by atoms with Crippen LogP contribution in [0.15, 0.2) is 11.4 Å². The summed E-state index contributed by atoms with van der Waals surface area (Å²) in [6.45, 7) is 4.13. The van der Waals surface area contributed by atoms with Crippen molar-refractivity contribution in [2.45, 2.75) is 20.4 Å². The number of carbonyl (C=O) groups excluding carboxylic acids is 1. The fraction of sp³-hybridized carbons (Fsp3) is 0.333. The molecule has 0 saturated carbocycles. The Morgan fingerprint density at radius 2 is 2.29 bits per heavy atom. The molecule has 0 radical (unpaired) electrons. The molecule has 0 fully saturated rings. The second-order valence-corrected chi connectivity index (χ2v) is 5.50. The molecule has 6 heteroatoms. The van der Waals surface area contributed by atoms with E-state index in [0.29, 0.717) is 17.0 Å². The highest BCUT2D eigenvalue weighted by atomic mass is 32.1. The fourth-order valence-electron chi connectivity index (χ4n) is 2.04. The molecule has 2 heterocycles. The Labute approximate surface area is 127 Å². The lowest BCUT2D eigenvalue weighted by Crippen LogP contribution is -2.23. The zero-order chi connectivity index (χ0) is 15.4. The Morgan fingerprint density at radius 1 is 1.52 bits per heavy atom. The Hall–Kier alpha value is -2.10. The standard InChI is InChI=1S/C15H17N3O2S/c1-10-13(11(2)18(3)17-10)9-16-15(20)14-12(5-4-7-19)6-8-21-14/h6,8,19H,7,9H2,1-3H3,(H,16,20). The Bertz CT molecular complexity index is 719. The van der Waals surface area contributed by atoms with Crippen LogP contribution in [0.3, 0.4) is 0 Å². The third-order valence-corrected chi connectivity index (χ3v) is 4.17. The molecule has 0 aromatic carbocycles. The van der Waals surface area contributed by atoms with E-state index in [0.717, 1.165) is 17.0 Å². The summed E-state index contributed by atoms with van der Waals surface area (Å²) in [4.78, 5) is 12.8. The molecule has 0 bridgehead atoms. The molecular formula is C15H17N3O2S. The monoisotopic (exact) mass is 303 g/mol. The van der Waals surface area contributed by atoms with Crippen molar-refractivity contribution in [1.29, 1.82) is 0 Å². The van der Waals surface area contributed by atoms with Crippen molar-refractivity contribution in [2.24, 2.45) is 7.05 Å². The van der Waals surface area contributed by atoms with E-state index in [1.807, 2.05) is 26.3 Å². The van der Waals surface area contributed by atoms with E-state index in [9.17, 15) is 4.79 Å². The van der Waals surface area contributed by atoms with Gasteiger partial charge in [0.2, 0.25) is 0 Å². The van der Waals surface area contributed by atoms with Gasteiger partial charge < -0.3 is 10.4 Å². The van der Waals surface area contributed by atoms with E-state index in [4.69, 9.17) is 5.11 Å². The first-order chi connectivity index (χ1) is 10.0. The molecule has 0 atom stereocenters. The molecule has 2 N–H and O–H groups in total. The van der Waals surface area contributed by atoms with E-state index in [1.165, 1.54) is 11.3 Å². The van der Waals surface area contributed by atoms with E-state index in [2.05, 4.69) is 22.3 Å². The van der Waals surface area contributed by atoms with E-state index >= 15 is 0 Å². The van der Waals surface area contributed by atoms with Crippen LogP contribution in [0, 0.1) is 25.7 Å². The summed E-state index contributed by atoms with van der Waals surface area (Å²) >= 11 is 1.34. The zero-order valence-corrected chi connectivity index (χ0v) is 13.0. The molecular weight excluding hydrogens is 286 g/mol. The molecule has 0 aliphatic carbocycles. The first-order valence-electron chi connectivity index (χ1n) is 6.49. The minimum atomic E-state index is -0.217.